The highest BCUT2D eigenvalue weighted by molar-refractivity contribution is 5.80. The largest absolute Gasteiger partial charge is 0.481 e. The number of carboxylic acid groups (broad SMARTS) is 1. The number of rotatable bonds is 4. The second kappa shape index (κ2) is 4.25. The van der Waals surface area contributed by atoms with E-state index in [1.807, 2.05) is 0 Å². The number of hydrogen-bond donors (Lipinski definition) is 2. The topological polar surface area (TPSA) is 66.4 Å². The Hall–Kier alpha value is -1.06. The lowest BCUT2D eigenvalue weighted by atomic mass is 9.69. The average Bonchev–Trinajstić information content (AvgIpc) is 2.59. The molecule has 2 saturated carbocycles. The SMILES string of the molecule is CC1(C)[C@@H]2CC[C@@]1(C)[C@@H](NC(=O)CCC(=O)O)C2. The molecule has 0 aromatic carbocycles. The first-order chi connectivity index (χ1) is 8.27. The maximum Gasteiger partial charge on any atom is 0.303 e. The summed E-state index contributed by atoms with van der Waals surface area (Å²) in [6.45, 7) is 6.87. The molecule has 3 atom stereocenters. The number of fused-ring (bicyclic) bond motifs is 2. The van der Waals surface area contributed by atoms with Crippen LogP contribution in [0, 0.1) is 16.7 Å². The number of hydrogen-bond acceptors (Lipinski definition) is 2. The van der Waals surface area contributed by atoms with Crippen LogP contribution in [0.3, 0.4) is 0 Å². The monoisotopic (exact) mass is 253 g/mol. The van der Waals surface area contributed by atoms with Crippen LogP contribution < -0.4 is 5.32 Å². The highest BCUT2D eigenvalue weighted by Crippen LogP contribution is 2.65. The van der Waals surface area contributed by atoms with E-state index in [4.69, 9.17) is 5.11 Å². The molecule has 2 aliphatic carbocycles. The summed E-state index contributed by atoms with van der Waals surface area (Å²) < 4.78 is 0. The molecule has 0 aliphatic heterocycles. The fraction of sp³-hybridized carbons (Fsp3) is 0.857. The smallest absolute Gasteiger partial charge is 0.303 e. The summed E-state index contributed by atoms with van der Waals surface area (Å²) >= 11 is 0. The van der Waals surface area contributed by atoms with E-state index in [-0.39, 0.29) is 35.6 Å². The summed E-state index contributed by atoms with van der Waals surface area (Å²) in [6.07, 6.45) is 3.47. The van der Waals surface area contributed by atoms with E-state index >= 15 is 0 Å². The molecule has 2 rings (SSSR count). The van der Waals surface area contributed by atoms with Gasteiger partial charge in [0.2, 0.25) is 5.91 Å². The third kappa shape index (κ3) is 1.91. The van der Waals surface area contributed by atoms with Gasteiger partial charge in [-0.1, -0.05) is 20.8 Å². The van der Waals surface area contributed by atoms with Crippen LogP contribution in [0.25, 0.3) is 0 Å². The van der Waals surface area contributed by atoms with Crippen molar-refractivity contribution in [3.05, 3.63) is 0 Å². The van der Waals surface area contributed by atoms with E-state index in [0.29, 0.717) is 5.92 Å². The van der Waals surface area contributed by atoms with E-state index in [0.717, 1.165) is 12.8 Å². The van der Waals surface area contributed by atoms with Gasteiger partial charge in [-0.2, -0.15) is 0 Å². The molecular weight excluding hydrogens is 230 g/mol. The lowest BCUT2D eigenvalue weighted by Crippen LogP contribution is -2.46. The van der Waals surface area contributed by atoms with Crippen molar-refractivity contribution >= 4 is 11.9 Å². The summed E-state index contributed by atoms with van der Waals surface area (Å²) in [5, 5.41) is 11.6. The van der Waals surface area contributed by atoms with Gasteiger partial charge >= 0.3 is 5.97 Å². The fourth-order valence-electron chi connectivity index (χ4n) is 3.91. The van der Waals surface area contributed by atoms with Crippen molar-refractivity contribution in [1.82, 2.24) is 5.32 Å². The van der Waals surface area contributed by atoms with Crippen molar-refractivity contribution in [1.29, 1.82) is 0 Å². The third-order valence-electron chi connectivity index (χ3n) is 5.70. The maximum absolute atomic E-state index is 11.8. The molecule has 2 aliphatic rings. The minimum absolute atomic E-state index is 0.0813. The molecule has 2 bridgehead atoms. The predicted molar refractivity (Wildman–Crippen MR) is 68.0 cm³/mol. The molecule has 2 fully saturated rings. The highest BCUT2D eigenvalue weighted by Gasteiger charge is 2.61. The molecule has 0 unspecified atom stereocenters. The van der Waals surface area contributed by atoms with Crippen LogP contribution in [0.4, 0.5) is 0 Å². The molecular formula is C14H23NO3. The molecule has 0 aromatic heterocycles. The minimum atomic E-state index is -0.912. The third-order valence-corrected chi connectivity index (χ3v) is 5.70. The van der Waals surface area contributed by atoms with Crippen molar-refractivity contribution in [3.63, 3.8) is 0 Å². The van der Waals surface area contributed by atoms with Crippen LogP contribution in [0.15, 0.2) is 0 Å². The standard InChI is InChI=1S/C14H23NO3/c1-13(2)9-6-7-14(13,3)10(8-9)15-11(16)4-5-12(17)18/h9-10H,4-8H2,1-3H3,(H,15,16)(H,17,18)/t9-,10+,14+/m1/s1. The molecule has 4 nitrogen and oxygen atoms in total. The van der Waals surface area contributed by atoms with Crippen LogP contribution in [0.5, 0.6) is 0 Å². The van der Waals surface area contributed by atoms with Gasteiger partial charge in [0.05, 0.1) is 6.42 Å². The summed E-state index contributed by atoms with van der Waals surface area (Å²) in [6, 6.07) is 0.215. The molecule has 0 radical (unpaired) electrons. The predicted octanol–water partition coefficient (Wildman–Crippen LogP) is 2.18. The van der Waals surface area contributed by atoms with Gasteiger partial charge in [-0.3, -0.25) is 9.59 Å². The first-order valence-corrected chi connectivity index (χ1v) is 6.78. The fourth-order valence-corrected chi connectivity index (χ4v) is 3.91. The molecule has 0 spiro atoms. The Balaban J connectivity index is 1.96. The van der Waals surface area contributed by atoms with Crippen LogP contribution >= 0.6 is 0 Å². The number of carbonyl (C=O) groups is 2. The van der Waals surface area contributed by atoms with Gasteiger partial charge in [-0.05, 0) is 36.0 Å². The van der Waals surface area contributed by atoms with Crippen LogP contribution in [-0.2, 0) is 9.59 Å². The second-order valence-corrected chi connectivity index (χ2v) is 6.62. The Morgan fingerprint density at radius 2 is 1.94 bits per heavy atom. The van der Waals surface area contributed by atoms with E-state index in [1.165, 1.54) is 6.42 Å². The Kier molecular flexibility index (Phi) is 3.16. The number of carboxylic acids is 1. The number of aliphatic carboxylic acids is 1. The zero-order chi connectivity index (χ0) is 13.6. The number of amides is 1. The number of nitrogens with one attached hydrogen (secondary N) is 1. The van der Waals surface area contributed by atoms with Crippen LogP contribution in [-0.4, -0.2) is 23.0 Å². The summed E-state index contributed by atoms with van der Waals surface area (Å²) in [4.78, 5) is 22.2. The van der Waals surface area contributed by atoms with Crippen LogP contribution in [0.2, 0.25) is 0 Å². The molecule has 0 saturated heterocycles. The molecule has 0 aromatic rings. The molecule has 0 heterocycles. The van der Waals surface area contributed by atoms with Crippen molar-refractivity contribution in [2.45, 2.75) is 58.9 Å². The lowest BCUT2D eigenvalue weighted by Gasteiger charge is -2.39. The summed E-state index contributed by atoms with van der Waals surface area (Å²) in [5.41, 5.74) is 0.439. The first kappa shape index (κ1) is 13.4. The Morgan fingerprint density at radius 3 is 2.39 bits per heavy atom. The molecule has 18 heavy (non-hydrogen) atoms. The molecule has 4 heteroatoms. The minimum Gasteiger partial charge on any atom is -0.481 e. The van der Waals surface area contributed by atoms with Crippen molar-refractivity contribution in [2.24, 2.45) is 16.7 Å². The Labute approximate surface area is 108 Å². The van der Waals surface area contributed by atoms with E-state index < -0.39 is 5.97 Å². The summed E-state index contributed by atoms with van der Waals surface area (Å²) in [7, 11) is 0. The molecule has 102 valence electrons. The van der Waals surface area contributed by atoms with Gasteiger partial charge in [0, 0.05) is 12.5 Å². The maximum atomic E-state index is 11.8. The van der Waals surface area contributed by atoms with Gasteiger partial charge < -0.3 is 10.4 Å². The zero-order valence-electron chi connectivity index (χ0n) is 11.5. The second-order valence-electron chi connectivity index (χ2n) is 6.62. The first-order valence-electron chi connectivity index (χ1n) is 6.78. The van der Waals surface area contributed by atoms with Crippen molar-refractivity contribution in [2.75, 3.05) is 0 Å². The number of carbonyl (C=O) groups excluding carboxylic acids is 1. The van der Waals surface area contributed by atoms with E-state index in [9.17, 15) is 9.59 Å². The highest BCUT2D eigenvalue weighted by atomic mass is 16.4. The van der Waals surface area contributed by atoms with E-state index in [1.54, 1.807) is 0 Å². The quantitative estimate of drug-likeness (QED) is 0.807. The molecule has 2 N–H and O–H groups in total. The normalized spacial score (nSPS) is 36.6. The van der Waals surface area contributed by atoms with Gasteiger partial charge in [0.25, 0.3) is 0 Å². The van der Waals surface area contributed by atoms with Gasteiger partial charge in [0.15, 0.2) is 0 Å². The van der Waals surface area contributed by atoms with Crippen molar-refractivity contribution < 1.29 is 14.7 Å². The average molecular weight is 253 g/mol. The van der Waals surface area contributed by atoms with E-state index in [2.05, 4.69) is 26.1 Å². The molecule has 1 amide bonds. The van der Waals surface area contributed by atoms with Gasteiger partial charge in [-0.25, -0.2) is 0 Å². The van der Waals surface area contributed by atoms with Gasteiger partial charge in [0.1, 0.15) is 0 Å². The van der Waals surface area contributed by atoms with Crippen molar-refractivity contribution in [3.8, 4) is 0 Å². The lowest BCUT2D eigenvalue weighted by molar-refractivity contribution is -0.139. The zero-order valence-corrected chi connectivity index (χ0v) is 11.5. The summed E-state index contributed by atoms with van der Waals surface area (Å²) in [5.74, 6) is -0.344. The van der Waals surface area contributed by atoms with Gasteiger partial charge in [-0.15, -0.1) is 0 Å². The van der Waals surface area contributed by atoms with Crippen LogP contribution in [0.1, 0.15) is 52.9 Å². The Morgan fingerprint density at radius 1 is 1.28 bits per heavy atom. The Bertz CT molecular complexity index is 377.